The van der Waals surface area contributed by atoms with Gasteiger partial charge in [-0.1, -0.05) is 97.1 Å². The highest BCUT2D eigenvalue weighted by atomic mass is 15.0. The van der Waals surface area contributed by atoms with Crippen molar-refractivity contribution in [3.63, 3.8) is 0 Å². The molecule has 0 fully saturated rings. The molecule has 220 valence electrons. The van der Waals surface area contributed by atoms with E-state index in [4.69, 9.17) is 0 Å². The number of fused-ring (bicyclic) bond motifs is 8. The molecule has 3 aromatic heterocycles. The molecule has 0 amide bonds. The molecule has 0 aliphatic rings. The Balaban J connectivity index is 1.15. The molecule has 0 atom stereocenters. The second kappa shape index (κ2) is 10.1. The second-order valence-corrected chi connectivity index (χ2v) is 12.2. The highest BCUT2D eigenvalue weighted by molar-refractivity contribution is 6.19. The zero-order chi connectivity index (χ0) is 30.9. The van der Waals surface area contributed by atoms with E-state index in [1.165, 1.54) is 71.3 Å². The van der Waals surface area contributed by atoms with Crippen molar-refractivity contribution >= 4 is 54.5 Å². The van der Waals surface area contributed by atoms with Crippen LogP contribution in [0.5, 0.6) is 0 Å². The number of aromatic nitrogens is 3. The predicted octanol–water partition coefficient (Wildman–Crippen LogP) is 11.5. The molecule has 0 aliphatic carbocycles. The van der Waals surface area contributed by atoms with Gasteiger partial charge in [0.05, 0.1) is 27.6 Å². The first kappa shape index (κ1) is 26.0. The van der Waals surface area contributed by atoms with Crippen molar-refractivity contribution in [3.05, 3.63) is 176 Å². The van der Waals surface area contributed by atoms with Crippen molar-refractivity contribution in [2.24, 2.45) is 0 Å². The van der Waals surface area contributed by atoms with Gasteiger partial charge in [-0.15, -0.1) is 0 Å². The van der Waals surface area contributed by atoms with E-state index in [0.717, 1.165) is 11.4 Å². The summed E-state index contributed by atoms with van der Waals surface area (Å²) in [6, 6.07) is 61.4. The Bertz CT molecular complexity index is 2710. The quantitative estimate of drug-likeness (QED) is 0.191. The van der Waals surface area contributed by atoms with Gasteiger partial charge in [0.25, 0.3) is 0 Å². The molecular weight excluding hydrogens is 571 g/mol. The maximum atomic E-state index is 2.43. The molecule has 3 nitrogen and oxygen atoms in total. The Kier molecular flexibility index (Phi) is 5.57. The smallest absolute Gasteiger partial charge is 0.0635 e. The molecule has 10 rings (SSSR count). The van der Waals surface area contributed by atoms with Crippen LogP contribution in [0, 0.1) is 0 Å². The van der Waals surface area contributed by atoms with E-state index in [2.05, 4.69) is 190 Å². The Hall–Kier alpha value is -6.32. The molecular formula is C44H29N3. The molecule has 0 spiro atoms. The first-order chi connectivity index (χ1) is 23.3. The standard InChI is InChI=1S/C44H29N3/c1-3-11-32(12-4-1)45-28-27-38-40(45)26-24-37-39-29-31(21-25-43(39)47(44(37)38)33-13-5-2-6-14-33)30-19-22-34(23-20-30)46-41-17-9-7-15-35(41)36-16-8-10-18-42(36)46/h1-29H. The van der Waals surface area contributed by atoms with Crippen LogP contribution in [-0.4, -0.2) is 13.7 Å². The average molecular weight is 600 g/mol. The van der Waals surface area contributed by atoms with Gasteiger partial charge in [-0.25, -0.2) is 0 Å². The highest BCUT2D eigenvalue weighted by Gasteiger charge is 2.18. The SMILES string of the molecule is c1ccc(-n2ccc3c2ccc2c4cc(-c5ccc(-n6c7ccccc7c7ccccc76)cc5)ccc4n(-c4ccccc4)c23)cc1. The van der Waals surface area contributed by atoms with Crippen molar-refractivity contribution in [2.75, 3.05) is 0 Å². The van der Waals surface area contributed by atoms with E-state index in [9.17, 15) is 0 Å². The van der Waals surface area contributed by atoms with Gasteiger partial charge in [0.15, 0.2) is 0 Å². The lowest BCUT2D eigenvalue weighted by atomic mass is 10.0. The molecule has 47 heavy (non-hydrogen) atoms. The lowest BCUT2D eigenvalue weighted by Crippen LogP contribution is -1.95. The van der Waals surface area contributed by atoms with E-state index < -0.39 is 0 Å². The number of benzene rings is 7. The summed E-state index contributed by atoms with van der Waals surface area (Å²) in [7, 11) is 0. The van der Waals surface area contributed by atoms with Crippen LogP contribution >= 0.6 is 0 Å². The van der Waals surface area contributed by atoms with Crippen molar-refractivity contribution in [1.29, 1.82) is 0 Å². The van der Waals surface area contributed by atoms with E-state index in [1.807, 2.05) is 0 Å². The van der Waals surface area contributed by atoms with Crippen LogP contribution in [0.1, 0.15) is 0 Å². The molecule has 0 aliphatic heterocycles. The van der Waals surface area contributed by atoms with Gasteiger partial charge in [-0.3, -0.25) is 0 Å². The maximum absolute atomic E-state index is 2.43. The van der Waals surface area contributed by atoms with Gasteiger partial charge >= 0.3 is 0 Å². The van der Waals surface area contributed by atoms with Crippen LogP contribution in [0.25, 0.3) is 82.7 Å². The van der Waals surface area contributed by atoms with Crippen LogP contribution in [0.15, 0.2) is 176 Å². The monoisotopic (exact) mass is 599 g/mol. The van der Waals surface area contributed by atoms with Crippen molar-refractivity contribution < 1.29 is 0 Å². The summed E-state index contributed by atoms with van der Waals surface area (Å²) in [5.74, 6) is 0. The molecule has 0 saturated heterocycles. The van der Waals surface area contributed by atoms with Crippen molar-refractivity contribution in [1.82, 2.24) is 13.7 Å². The van der Waals surface area contributed by atoms with E-state index in [-0.39, 0.29) is 0 Å². The summed E-state index contributed by atoms with van der Waals surface area (Å²) < 4.78 is 7.08. The fourth-order valence-electron chi connectivity index (χ4n) is 7.57. The van der Waals surface area contributed by atoms with Crippen LogP contribution in [0.2, 0.25) is 0 Å². The van der Waals surface area contributed by atoms with Crippen LogP contribution < -0.4 is 0 Å². The lowest BCUT2D eigenvalue weighted by Gasteiger charge is -2.10. The third-order valence-corrected chi connectivity index (χ3v) is 9.68. The topological polar surface area (TPSA) is 14.8 Å². The van der Waals surface area contributed by atoms with Gasteiger partial charge in [0.2, 0.25) is 0 Å². The first-order valence-corrected chi connectivity index (χ1v) is 16.1. The third kappa shape index (κ3) is 3.87. The summed E-state index contributed by atoms with van der Waals surface area (Å²) in [5.41, 5.74) is 12.0. The summed E-state index contributed by atoms with van der Waals surface area (Å²) in [5, 5.41) is 6.30. The van der Waals surface area contributed by atoms with Crippen LogP contribution in [0.3, 0.4) is 0 Å². The molecule has 0 N–H and O–H groups in total. The van der Waals surface area contributed by atoms with E-state index >= 15 is 0 Å². The van der Waals surface area contributed by atoms with Crippen LogP contribution in [-0.2, 0) is 0 Å². The molecule has 3 heterocycles. The fourth-order valence-corrected chi connectivity index (χ4v) is 7.57. The number of rotatable bonds is 4. The maximum Gasteiger partial charge on any atom is 0.0635 e. The lowest BCUT2D eigenvalue weighted by molar-refractivity contribution is 1.13. The fraction of sp³-hybridized carbons (Fsp3) is 0. The largest absolute Gasteiger partial charge is 0.316 e. The molecule has 0 unspecified atom stereocenters. The van der Waals surface area contributed by atoms with Gasteiger partial charge in [-0.05, 0) is 83.9 Å². The number of hydrogen-bond donors (Lipinski definition) is 0. The Morgan fingerprint density at radius 2 is 0.851 bits per heavy atom. The summed E-state index contributed by atoms with van der Waals surface area (Å²) in [6.07, 6.45) is 2.19. The van der Waals surface area contributed by atoms with E-state index in [0.29, 0.717) is 0 Å². The minimum atomic E-state index is 1.16. The van der Waals surface area contributed by atoms with Gasteiger partial charge in [0.1, 0.15) is 0 Å². The predicted molar refractivity (Wildman–Crippen MR) is 197 cm³/mol. The van der Waals surface area contributed by atoms with Gasteiger partial charge < -0.3 is 13.7 Å². The molecule has 0 bridgehead atoms. The normalized spacial score (nSPS) is 11.8. The summed E-state index contributed by atoms with van der Waals surface area (Å²) in [4.78, 5) is 0. The zero-order valence-corrected chi connectivity index (χ0v) is 25.6. The van der Waals surface area contributed by atoms with Gasteiger partial charge in [0, 0.05) is 50.2 Å². The molecule has 7 aromatic carbocycles. The molecule has 0 saturated carbocycles. The van der Waals surface area contributed by atoms with E-state index in [1.54, 1.807) is 0 Å². The first-order valence-electron chi connectivity index (χ1n) is 16.1. The number of nitrogens with zero attached hydrogens (tertiary/aromatic N) is 3. The summed E-state index contributed by atoms with van der Waals surface area (Å²) in [6.45, 7) is 0. The molecule has 0 radical (unpaired) electrons. The Morgan fingerprint density at radius 1 is 0.298 bits per heavy atom. The molecule has 10 aromatic rings. The highest BCUT2D eigenvalue weighted by Crippen LogP contribution is 2.40. The summed E-state index contributed by atoms with van der Waals surface area (Å²) >= 11 is 0. The third-order valence-electron chi connectivity index (χ3n) is 9.68. The average Bonchev–Trinajstić information content (AvgIpc) is 3.82. The number of hydrogen-bond acceptors (Lipinski definition) is 0. The van der Waals surface area contributed by atoms with Crippen molar-refractivity contribution in [2.45, 2.75) is 0 Å². The Labute approximate surface area is 271 Å². The minimum absolute atomic E-state index is 1.16. The second-order valence-electron chi connectivity index (χ2n) is 12.2. The van der Waals surface area contributed by atoms with Gasteiger partial charge in [-0.2, -0.15) is 0 Å². The zero-order valence-electron chi connectivity index (χ0n) is 25.6. The molecule has 3 heteroatoms. The minimum Gasteiger partial charge on any atom is -0.316 e. The van der Waals surface area contributed by atoms with Crippen LogP contribution in [0.4, 0.5) is 0 Å². The van der Waals surface area contributed by atoms with Crippen molar-refractivity contribution in [3.8, 4) is 28.2 Å². The Morgan fingerprint density at radius 3 is 1.55 bits per heavy atom. The number of para-hydroxylation sites is 4.